The van der Waals surface area contributed by atoms with Crippen LogP contribution in [0.1, 0.15) is 11.5 Å². The van der Waals surface area contributed by atoms with Gasteiger partial charge < -0.3 is 9.52 Å². The minimum absolute atomic E-state index is 0.0708. The van der Waals surface area contributed by atoms with Crippen LogP contribution in [0.4, 0.5) is 5.69 Å². The van der Waals surface area contributed by atoms with Crippen LogP contribution in [0.2, 0.25) is 0 Å². The number of non-ortho nitro benzene ring substituents is 1. The molecule has 2 aromatic carbocycles. The lowest BCUT2D eigenvalue weighted by Gasteiger charge is -1.97. The van der Waals surface area contributed by atoms with Crippen LogP contribution in [0, 0.1) is 10.1 Å². The molecule has 7 nitrogen and oxygen atoms in total. The normalized spacial score (nSPS) is 11.5. The Balaban J connectivity index is 1.90. The second-order valence-corrected chi connectivity index (χ2v) is 5.21. The van der Waals surface area contributed by atoms with Gasteiger partial charge in [-0.1, -0.05) is 29.8 Å². The monoisotopic (exact) mass is 343 g/mol. The van der Waals surface area contributed by atoms with Gasteiger partial charge in [-0.25, -0.2) is 0 Å². The van der Waals surface area contributed by atoms with E-state index in [9.17, 15) is 15.2 Å². The molecule has 120 valence electrons. The van der Waals surface area contributed by atoms with Gasteiger partial charge in [0.25, 0.3) is 11.6 Å². The number of rotatable bonds is 4. The van der Waals surface area contributed by atoms with Gasteiger partial charge >= 0.3 is 0 Å². The van der Waals surface area contributed by atoms with Crippen molar-refractivity contribution in [3.63, 3.8) is 0 Å². The predicted molar refractivity (Wildman–Crippen MR) is 88.2 cm³/mol. The minimum Gasteiger partial charge on any atom is -0.508 e. The number of benzene rings is 2. The summed E-state index contributed by atoms with van der Waals surface area (Å²) in [6, 6.07) is 12.4. The topological polar surface area (TPSA) is 102 Å². The summed E-state index contributed by atoms with van der Waals surface area (Å²) in [5, 5.41) is 28.1. The molecule has 0 aliphatic heterocycles. The van der Waals surface area contributed by atoms with Gasteiger partial charge in [-0.15, -0.1) is 10.2 Å². The first-order chi connectivity index (χ1) is 11.5. The number of phenolic OH excluding ortho intramolecular Hbond substituents is 1. The van der Waals surface area contributed by atoms with Gasteiger partial charge in [0.15, 0.2) is 0 Å². The summed E-state index contributed by atoms with van der Waals surface area (Å²) >= 11 is 6.15. The Kier molecular flexibility index (Phi) is 4.26. The van der Waals surface area contributed by atoms with Crippen molar-refractivity contribution >= 4 is 28.4 Å². The fourth-order valence-corrected chi connectivity index (χ4v) is 2.21. The molecule has 0 saturated heterocycles. The summed E-state index contributed by atoms with van der Waals surface area (Å²) in [6.07, 6.45) is 1.56. The van der Waals surface area contributed by atoms with E-state index >= 15 is 0 Å². The van der Waals surface area contributed by atoms with E-state index in [1.807, 2.05) is 0 Å². The Morgan fingerprint density at radius 2 is 2.00 bits per heavy atom. The Morgan fingerprint density at radius 1 is 1.21 bits per heavy atom. The molecule has 0 amide bonds. The lowest BCUT2D eigenvalue weighted by molar-refractivity contribution is -0.384. The molecule has 0 bridgehead atoms. The molecule has 1 aromatic heterocycles. The molecular weight excluding hydrogens is 334 g/mol. The molecule has 0 fully saturated rings. The molecule has 3 aromatic rings. The third-order valence-corrected chi connectivity index (χ3v) is 3.37. The molecule has 1 N–H and O–H groups in total. The Morgan fingerprint density at radius 3 is 2.75 bits per heavy atom. The quantitative estimate of drug-likeness (QED) is 0.565. The van der Waals surface area contributed by atoms with E-state index in [0.717, 1.165) is 0 Å². The van der Waals surface area contributed by atoms with Gasteiger partial charge in [0.1, 0.15) is 10.8 Å². The van der Waals surface area contributed by atoms with Gasteiger partial charge in [0.2, 0.25) is 5.89 Å². The molecule has 3 rings (SSSR count). The fourth-order valence-electron chi connectivity index (χ4n) is 2.01. The third kappa shape index (κ3) is 3.41. The van der Waals surface area contributed by atoms with Crippen molar-refractivity contribution in [1.29, 1.82) is 0 Å². The van der Waals surface area contributed by atoms with E-state index in [0.29, 0.717) is 11.1 Å². The Hall–Kier alpha value is -3.19. The fraction of sp³-hybridized carbons (Fsp3) is 0. The third-order valence-electron chi connectivity index (χ3n) is 3.10. The molecule has 24 heavy (non-hydrogen) atoms. The Labute approximate surface area is 141 Å². The predicted octanol–water partition coefficient (Wildman–Crippen LogP) is 4.09. The second-order valence-electron chi connectivity index (χ2n) is 4.81. The molecule has 0 spiro atoms. The van der Waals surface area contributed by atoms with Gasteiger partial charge in [0, 0.05) is 17.7 Å². The summed E-state index contributed by atoms with van der Waals surface area (Å²) < 4.78 is 5.46. The van der Waals surface area contributed by atoms with Gasteiger partial charge in [-0.3, -0.25) is 10.1 Å². The summed E-state index contributed by atoms with van der Waals surface area (Å²) in [5.74, 6) is 0.300. The van der Waals surface area contributed by atoms with E-state index in [4.69, 9.17) is 16.0 Å². The van der Waals surface area contributed by atoms with Crippen LogP contribution >= 0.6 is 11.6 Å². The maximum Gasteiger partial charge on any atom is 0.270 e. The SMILES string of the molecule is O=[N+]([O-])c1cccc(-c2nnc(/C(Cl)=C/c3cccc(O)c3)o2)c1. The smallest absolute Gasteiger partial charge is 0.270 e. The van der Waals surface area contributed by atoms with Crippen molar-refractivity contribution in [3.8, 4) is 17.2 Å². The lowest BCUT2D eigenvalue weighted by atomic mass is 10.2. The van der Waals surface area contributed by atoms with Crippen molar-refractivity contribution in [3.05, 3.63) is 70.1 Å². The molecule has 0 aliphatic carbocycles. The molecule has 0 radical (unpaired) electrons. The van der Waals surface area contributed by atoms with Crippen LogP contribution < -0.4 is 0 Å². The summed E-state index contributed by atoms with van der Waals surface area (Å²) in [7, 11) is 0. The number of phenols is 1. The molecule has 0 unspecified atom stereocenters. The highest BCUT2D eigenvalue weighted by atomic mass is 35.5. The maximum atomic E-state index is 10.8. The summed E-state index contributed by atoms with van der Waals surface area (Å²) in [6.45, 7) is 0. The number of halogens is 1. The van der Waals surface area contributed by atoms with Gasteiger partial charge in [0.05, 0.1) is 4.92 Å². The molecule has 1 heterocycles. The highest BCUT2D eigenvalue weighted by Crippen LogP contribution is 2.27. The lowest BCUT2D eigenvalue weighted by Crippen LogP contribution is -1.88. The minimum atomic E-state index is -0.504. The summed E-state index contributed by atoms with van der Waals surface area (Å²) in [4.78, 5) is 10.3. The van der Waals surface area contributed by atoms with Gasteiger partial charge in [-0.2, -0.15) is 0 Å². The highest BCUT2D eigenvalue weighted by Gasteiger charge is 2.14. The van der Waals surface area contributed by atoms with E-state index < -0.39 is 4.92 Å². The van der Waals surface area contributed by atoms with Crippen molar-refractivity contribution in [2.24, 2.45) is 0 Å². The number of nitro groups is 1. The van der Waals surface area contributed by atoms with Crippen molar-refractivity contribution in [2.75, 3.05) is 0 Å². The van der Waals surface area contributed by atoms with E-state index in [-0.39, 0.29) is 28.3 Å². The van der Waals surface area contributed by atoms with Crippen LogP contribution in [-0.2, 0) is 0 Å². The van der Waals surface area contributed by atoms with Crippen LogP contribution in [0.3, 0.4) is 0 Å². The zero-order valence-electron chi connectivity index (χ0n) is 12.1. The van der Waals surface area contributed by atoms with E-state index in [1.165, 1.54) is 24.3 Å². The molecular formula is C16H10ClN3O4. The van der Waals surface area contributed by atoms with Crippen molar-refractivity contribution in [2.45, 2.75) is 0 Å². The molecule has 0 aliphatic rings. The average Bonchev–Trinajstić information content (AvgIpc) is 3.05. The molecule has 8 heteroatoms. The van der Waals surface area contributed by atoms with Crippen LogP contribution in [0.15, 0.2) is 52.9 Å². The number of nitro benzene ring substituents is 1. The number of aromatic hydroxyl groups is 1. The second kappa shape index (κ2) is 6.51. The number of hydrogen-bond acceptors (Lipinski definition) is 6. The first-order valence-corrected chi connectivity index (χ1v) is 7.15. The van der Waals surface area contributed by atoms with Crippen LogP contribution in [0.25, 0.3) is 22.6 Å². The number of aromatic nitrogens is 2. The van der Waals surface area contributed by atoms with Crippen molar-refractivity contribution < 1.29 is 14.4 Å². The zero-order chi connectivity index (χ0) is 17.1. The number of hydrogen-bond donors (Lipinski definition) is 1. The first-order valence-electron chi connectivity index (χ1n) is 6.78. The largest absolute Gasteiger partial charge is 0.508 e. The first kappa shape index (κ1) is 15.7. The van der Waals surface area contributed by atoms with Crippen LogP contribution in [-0.4, -0.2) is 20.2 Å². The zero-order valence-corrected chi connectivity index (χ0v) is 12.8. The Bertz CT molecular complexity index is 936. The summed E-state index contributed by atoms with van der Waals surface area (Å²) in [5.41, 5.74) is 1.01. The standard InChI is InChI=1S/C16H10ClN3O4/c17-14(8-10-3-1-6-13(21)7-10)16-19-18-15(24-16)11-4-2-5-12(9-11)20(22)23/h1-9,21H/b14-8-. The average molecular weight is 344 g/mol. The van der Waals surface area contributed by atoms with Crippen LogP contribution in [0.5, 0.6) is 5.75 Å². The highest BCUT2D eigenvalue weighted by molar-refractivity contribution is 6.50. The van der Waals surface area contributed by atoms with E-state index in [2.05, 4.69) is 10.2 Å². The molecule has 0 saturated carbocycles. The van der Waals surface area contributed by atoms with E-state index in [1.54, 1.807) is 30.3 Å². The maximum absolute atomic E-state index is 10.8. The molecule has 0 atom stereocenters. The van der Waals surface area contributed by atoms with Crippen molar-refractivity contribution in [1.82, 2.24) is 10.2 Å². The van der Waals surface area contributed by atoms with Gasteiger partial charge in [-0.05, 0) is 29.8 Å². The number of nitrogens with zero attached hydrogens (tertiary/aromatic N) is 3.